The first-order valence-corrected chi connectivity index (χ1v) is 8.64. The molecule has 1 heterocycles. The van der Waals surface area contributed by atoms with Gasteiger partial charge >= 0.3 is 0 Å². The quantitative estimate of drug-likeness (QED) is 0.469. The number of hydrogen-bond acceptors (Lipinski definition) is 7. The summed E-state index contributed by atoms with van der Waals surface area (Å²) in [5, 5.41) is 11.1. The van der Waals surface area contributed by atoms with Gasteiger partial charge in [-0.2, -0.15) is 0 Å². The molecule has 122 valence electrons. The first-order chi connectivity index (χ1) is 11.2. The number of methoxy groups -OCH3 is 2. The lowest BCUT2D eigenvalue weighted by Crippen LogP contribution is -2.07. The van der Waals surface area contributed by atoms with Crippen LogP contribution in [0, 0.1) is 0 Å². The number of carbonyl (C=O) groups is 1. The van der Waals surface area contributed by atoms with Gasteiger partial charge in [-0.1, -0.05) is 36.1 Å². The Morgan fingerprint density at radius 1 is 1.30 bits per heavy atom. The van der Waals surface area contributed by atoms with Crippen LogP contribution in [0.15, 0.2) is 28.6 Å². The number of rotatable bonds is 7. The van der Waals surface area contributed by atoms with E-state index in [1.54, 1.807) is 44.2 Å². The van der Waals surface area contributed by atoms with Crippen LogP contribution in [0.25, 0.3) is 6.08 Å². The van der Waals surface area contributed by atoms with Gasteiger partial charge in [0.05, 0.1) is 14.2 Å². The summed E-state index contributed by atoms with van der Waals surface area (Å²) in [5.74, 6) is 1.91. The predicted molar refractivity (Wildman–Crippen MR) is 93.5 cm³/mol. The molecule has 1 N–H and O–H groups in total. The summed E-state index contributed by atoms with van der Waals surface area (Å²) in [7, 11) is 3.15. The maximum Gasteiger partial charge on any atom is 0.250 e. The largest absolute Gasteiger partial charge is 0.493 e. The number of aromatic nitrogens is 2. The summed E-state index contributed by atoms with van der Waals surface area (Å²) in [4.78, 5) is 11.9. The van der Waals surface area contributed by atoms with Crippen molar-refractivity contribution in [3.8, 4) is 11.5 Å². The van der Waals surface area contributed by atoms with Crippen LogP contribution in [-0.4, -0.2) is 36.1 Å². The first-order valence-electron chi connectivity index (χ1n) is 6.83. The lowest BCUT2D eigenvalue weighted by atomic mass is 10.2. The van der Waals surface area contributed by atoms with Gasteiger partial charge in [-0.15, -0.1) is 10.2 Å². The van der Waals surface area contributed by atoms with Crippen molar-refractivity contribution in [2.45, 2.75) is 11.3 Å². The summed E-state index contributed by atoms with van der Waals surface area (Å²) < 4.78 is 11.2. The van der Waals surface area contributed by atoms with E-state index in [2.05, 4.69) is 15.5 Å². The zero-order valence-corrected chi connectivity index (χ0v) is 14.7. The number of benzene rings is 1. The van der Waals surface area contributed by atoms with E-state index < -0.39 is 0 Å². The number of nitrogens with one attached hydrogen (secondary N) is 1. The molecule has 2 aromatic rings. The second-order valence-corrected chi connectivity index (χ2v) is 6.73. The monoisotopic (exact) mass is 351 g/mol. The zero-order chi connectivity index (χ0) is 16.7. The molecule has 0 spiro atoms. The highest BCUT2D eigenvalue weighted by molar-refractivity contribution is 8.01. The van der Waals surface area contributed by atoms with Gasteiger partial charge in [0.15, 0.2) is 15.8 Å². The minimum atomic E-state index is -0.260. The lowest BCUT2D eigenvalue weighted by molar-refractivity contribution is -0.111. The van der Waals surface area contributed by atoms with E-state index in [1.165, 1.54) is 17.4 Å². The average molecular weight is 351 g/mol. The fraction of sp³-hybridized carbons (Fsp3) is 0.267. The minimum Gasteiger partial charge on any atom is -0.493 e. The number of nitrogens with zero attached hydrogens (tertiary/aromatic N) is 2. The molecular formula is C15H17N3O3S2. The molecule has 1 aromatic carbocycles. The number of carbonyl (C=O) groups excluding carboxylic acids is 1. The molecule has 0 atom stereocenters. The Balaban J connectivity index is 2.00. The van der Waals surface area contributed by atoms with Crippen LogP contribution < -0.4 is 14.8 Å². The molecule has 6 nitrogen and oxygen atoms in total. The second kappa shape index (κ2) is 8.54. The van der Waals surface area contributed by atoms with Crippen molar-refractivity contribution in [3.63, 3.8) is 0 Å². The maximum atomic E-state index is 11.9. The highest BCUT2D eigenvalue weighted by Gasteiger charge is 2.06. The molecule has 2 rings (SSSR count). The van der Waals surface area contributed by atoms with E-state index in [-0.39, 0.29) is 5.91 Å². The van der Waals surface area contributed by atoms with Crippen LogP contribution in [0.1, 0.15) is 12.5 Å². The molecule has 0 saturated heterocycles. The molecule has 1 amide bonds. The molecule has 23 heavy (non-hydrogen) atoms. The molecule has 0 radical (unpaired) electrons. The maximum absolute atomic E-state index is 11.9. The molecule has 0 aliphatic heterocycles. The molecule has 8 heteroatoms. The summed E-state index contributed by atoms with van der Waals surface area (Å²) in [6, 6.07) is 5.42. The van der Waals surface area contributed by atoms with Crippen LogP contribution in [0.2, 0.25) is 0 Å². The van der Waals surface area contributed by atoms with Crippen molar-refractivity contribution in [2.24, 2.45) is 0 Å². The van der Waals surface area contributed by atoms with Crippen LogP contribution >= 0.6 is 23.1 Å². The smallest absolute Gasteiger partial charge is 0.250 e. The Morgan fingerprint density at radius 2 is 2.09 bits per heavy atom. The molecule has 0 unspecified atom stereocenters. The van der Waals surface area contributed by atoms with E-state index >= 15 is 0 Å². The van der Waals surface area contributed by atoms with E-state index in [0.29, 0.717) is 16.6 Å². The highest BCUT2D eigenvalue weighted by Crippen LogP contribution is 2.28. The molecule has 0 saturated carbocycles. The van der Waals surface area contributed by atoms with Gasteiger partial charge in [0, 0.05) is 6.08 Å². The number of ether oxygens (including phenoxy) is 2. The van der Waals surface area contributed by atoms with Crippen LogP contribution in [0.5, 0.6) is 11.5 Å². The van der Waals surface area contributed by atoms with Gasteiger partial charge in [0.25, 0.3) is 0 Å². The van der Waals surface area contributed by atoms with Gasteiger partial charge in [-0.25, -0.2) is 0 Å². The Labute approximate surface area is 142 Å². The van der Waals surface area contributed by atoms with E-state index in [4.69, 9.17) is 9.47 Å². The Bertz CT molecular complexity index is 701. The molecular weight excluding hydrogens is 334 g/mol. The second-order valence-electron chi connectivity index (χ2n) is 4.24. The van der Waals surface area contributed by atoms with Gasteiger partial charge in [-0.3, -0.25) is 10.1 Å². The third-order valence-electron chi connectivity index (χ3n) is 2.74. The van der Waals surface area contributed by atoms with E-state index in [1.807, 2.05) is 13.0 Å². The van der Waals surface area contributed by atoms with Crippen LogP contribution in [0.4, 0.5) is 5.13 Å². The van der Waals surface area contributed by atoms with Crippen molar-refractivity contribution in [3.05, 3.63) is 29.8 Å². The van der Waals surface area contributed by atoms with Crippen molar-refractivity contribution in [2.75, 3.05) is 25.3 Å². The number of amides is 1. The summed E-state index contributed by atoms with van der Waals surface area (Å²) in [5.41, 5.74) is 0.831. The van der Waals surface area contributed by atoms with Crippen molar-refractivity contribution >= 4 is 40.2 Å². The zero-order valence-electron chi connectivity index (χ0n) is 13.0. The number of hydrogen-bond donors (Lipinski definition) is 1. The fourth-order valence-corrected chi connectivity index (χ4v) is 3.37. The Morgan fingerprint density at radius 3 is 2.78 bits per heavy atom. The fourth-order valence-electron chi connectivity index (χ4n) is 1.72. The molecule has 0 fully saturated rings. The topological polar surface area (TPSA) is 73.3 Å². The molecule has 1 aromatic heterocycles. The van der Waals surface area contributed by atoms with E-state index in [0.717, 1.165) is 15.7 Å². The number of anilines is 1. The highest BCUT2D eigenvalue weighted by atomic mass is 32.2. The summed E-state index contributed by atoms with van der Waals surface area (Å²) >= 11 is 2.95. The minimum absolute atomic E-state index is 0.260. The van der Waals surface area contributed by atoms with Crippen molar-refractivity contribution in [1.82, 2.24) is 10.2 Å². The van der Waals surface area contributed by atoms with Crippen molar-refractivity contribution < 1.29 is 14.3 Å². The number of thioether (sulfide) groups is 1. The van der Waals surface area contributed by atoms with Gasteiger partial charge in [0.1, 0.15) is 0 Å². The SMILES string of the molecule is CCSc1nnc(NC(=O)C=Cc2ccc(OC)c(OC)c2)s1. The van der Waals surface area contributed by atoms with Gasteiger partial charge in [-0.05, 0) is 29.5 Å². The molecule has 0 aliphatic carbocycles. The van der Waals surface area contributed by atoms with E-state index in [9.17, 15) is 4.79 Å². The average Bonchev–Trinajstić information content (AvgIpc) is 3.00. The van der Waals surface area contributed by atoms with Crippen LogP contribution in [-0.2, 0) is 4.79 Å². The first kappa shape index (κ1) is 17.3. The Hall–Kier alpha value is -2.06. The third-order valence-corrected chi connectivity index (χ3v) is 4.59. The summed E-state index contributed by atoms with van der Waals surface area (Å²) in [6.45, 7) is 2.04. The molecule has 0 aliphatic rings. The third kappa shape index (κ3) is 4.97. The normalized spacial score (nSPS) is 10.7. The Kier molecular flexibility index (Phi) is 6.42. The predicted octanol–water partition coefficient (Wildman–Crippen LogP) is 3.32. The van der Waals surface area contributed by atoms with Gasteiger partial charge < -0.3 is 9.47 Å². The standard InChI is InChI=1S/C15H17N3O3S2/c1-4-22-15-18-17-14(23-15)16-13(19)8-6-10-5-7-11(20-2)12(9-10)21-3/h5-9H,4H2,1-3H3,(H,16,17,19). The lowest BCUT2D eigenvalue weighted by Gasteiger charge is -2.07. The van der Waals surface area contributed by atoms with Crippen LogP contribution in [0.3, 0.4) is 0 Å². The van der Waals surface area contributed by atoms with Gasteiger partial charge in [0.2, 0.25) is 11.0 Å². The van der Waals surface area contributed by atoms with Crippen molar-refractivity contribution in [1.29, 1.82) is 0 Å². The molecule has 0 bridgehead atoms. The summed E-state index contributed by atoms with van der Waals surface area (Å²) in [6.07, 6.45) is 3.13.